The maximum absolute atomic E-state index is 11.8. The van der Waals surface area contributed by atoms with E-state index in [2.05, 4.69) is 15.3 Å². The highest BCUT2D eigenvalue weighted by Gasteiger charge is 2.12. The standard InChI is InChI=1S/C13H15N3O2/c1-8-6-11(4-5-14-8)16-13(17)7-12-9(2)15-10(3)18-12/h4-6H,7H2,1-3H3,(H,14,16,17). The summed E-state index contributed by atoms with van der Waals surface area (Å²) >= 11 is 0. The number of nitrogens with one attached hydrogen (secondary N) is 1. The van der Waals surface area contributed by atoms with Crippen molar-refractivity contribution in [3.8, 4) is 0 Å². The van der Waals surface area contributed by atoms with Gasteiger partial charge in [0, 0.05) is 24.5 Å². The van der Waals surface area contributed by atoms with E-state index < -0.39 is 0 Å². The molecule has 0 fully saturated rings. The van der Waals surface area contributed by atoms with Crippen LogP contribution in [0.1, 0.15) is 23.0 Å². The molecule has 0 bridgehead atoms. The summed E-state index contributed by atoms with van der Waals surface area (Å²) in [6, 6.07) is 3.57. The van der Waals surface area contributed by atoms with Crippen molar-refractivity contribution in [2.24, 2.45) is 0 Å². The van der Waals surface area contributed by atoms with E-state index in [0.29, 0.717) is 11.7 Å². The second-order valence-corrected chi connectivity index (χ2v) is 4.15. The van der Waals surface area contributed by atoms with Gasteiger partial charge < -0.3 is 9.73 Å². The highest BCUT2D eigenvalue weighted by atomic mass is 16.4. The van der Waals surface area contributed by atoms with E-state index in [1.165, 1.54) is 0 Å². The number of amides is 1. The summed E-state index contributed by atoms with van der Waals surface area (Å²) in [5, 5.41) is 2.80. The number of rotatable bonds is 3. The minimum Gasteiger partial charge on any atom is -0.445 e. The molecular weight excluding hydrogens is 230 g/mol. The Bertz CT molecular complexity index is 575. The Morgan fingerprint density at radius 3 is 2.78 bits per heavy atom. The highest BCUT2D eigenvalue weighted by Crippen LogP contribution is 2.12. The van der Waals surface area contributed by atoms with Crippen LogP contribution in [-0.2, 0) is 11.2 Å². The first-order valence-electron chi connectivity index (χ1n) is 5.70. The molecule has 0 saturated carbocycles. The number of oxazole rings is 1. The van der Waals surface area contributed by atoms with Crippen molar-refractivity contribution in [2.45, 2.75) is 27.2 Å². The first kappa shape index (κ1) is 12.3. The van der Waals surface area contributed by atoms with Crippen LogP contribution in [0.5, 0.6) is 0 Å². The molecule has 2 aromatic heterocycles. The summed E-state index contributed by atoms with van der Waals surface area (Å²) in [7, 11) is 0. The molecule has 1 N–H and O–H groups in total. The number of anilines is 1. The molecule has 0 aliphatic carbocycles. The van der Waals surface area contributed by atoms with E-state index in [9.17, 15) is 4.79 Å². The predicted molar refractivity (Wildman–Crippen MR) is 67.3 cm³/mol. The molecule has 0 spiro atoms. The minimum absolute atomic E-state index is 0.125. The summed E-state index contributed by atoms with van der Waals surface area (Å²) in [4.78, 5) is 20.0. The fraction of sp³-hybridized carbons (Fsp3) is 0.308. The number of pyridine rings is 1. The molecule has 0 aliphatic heterocycles. The van der Waals surface area contributed by atoms with Gasteiger partial charge in [-0.15, -0.1) is 0 Å². The van der Waals surface area contributed by atoms with E-state index in [0.717, 1.165) is 17.1 Å². The van der Waals surface area contributed by atoms with Gasteiger partial charge in [-0.2, -0.15) is 0 Å². The number of aromatic nitrogens is 2. The quantitative estimate of drug-likeness (QED) is 0.899. The van der Waals surface area contributed by atoms with Gasteiger partial charge in [0.15, 0.2) is 5.89 Å². The smallest absolute Gasteiger partial charge is 0.232 e. The van der Waals surface area contributed by atoms with Crippen LogP contribution in [-0.4, -0.2) is 15.9 Å². The lowest BCUT2D eigenvalue weighted by Gasteiger charge is -2.04. The number of hydrogen-bond donors (Lipinski definition) is 1. The highest BCUT2D eigenvalue weighted by molar-refractivity contribution is 5.91. The van der Waals surface area contributed by atoms with Crippen molar-refractivity contribution in [3.63, 3.8) is 0 Å². The number of carbonyl (C=O) groups excluding carboxylic acids is 1. The molecule has 94 valence electrons. The number of aryl methyl sites for hydroxylation is 3. The maximum Gasteiger partial charge on any atom is 0.232 e. The van der Waals surface area contributed by atoms with Crippen molar-refractivity contribution < 1.29 is 9.21 Å². The zero-order chi connectivity index (χ0) is 13.1. The average Bonchev–Trinajstić information content (AvgIpc) is 2.57. The predicted octanol–water partition coefficient (Wildman–Crippen LogP) is 2.18. The second kappa shape index (κ2) is 5.00. The lowest BCUT2D eigenvalue weighted by atomic mass is 10.2. The minimum atomic E-state index is -0.125. The van der Waals surface area contributed by atoms with Gasteiger partial charge in [0.2, 0.25) is 5.91 Å². The van der Waals surface area contributed by atoms with Crippen molar-refractivity contribution in [1.82, 2.24) is 9.97 Å². The number of hydrogen-bond acceptors (Lipinski definition) is 4. The summed E-state index contributed by atoms with van der Waals surface area (Å²) in [5.41, 5.74) is 2.36. The van der Waals surface area contributed by atoms with Crippen molar-refractivity contribution in [3.05, 3.63) is 41.4 Å². The first-order chi connectivity index (χ1) is 8.54. The van der Waals surface area contributed by atoms with Gasteiger partial charge in [-0.05, 0) is 26.0 Å². The van der Waals surface area contributed by atoms with Crippen molar-refractivity contribution in [2.75, 3.05) is 5.32 Å². The van der Waals surface area contributed by atoms with Crippen LogP contribution in [0.3, 0.4) is 0 Å². The Kier molecular flexibility index (Phi) is 3.41. The molecular formula is C13H15N3O2. The van der Waals surface area contributed by atoms with Crippen LogP contribution in [0, 0.1) is 20.8 Å². The molecule has 0 radical (unpaired) electrons. The summed E-state index contributed by atoms with van der Waals surface area (Å²) in [6.07, 6.45) is 1.85. The SMILES string of the molecule is Cc1cc(NC(=O)Cc2oc(C)nc2C)ccn1. The van der Waals surface area contributed by atoms with Gasteiger partial charge in [-0.25, -0.2) is 4.98 Å². The molecule has 0 atom stereocenters. The molecule has 2 rings (SSSR count). The van der Waals surface area contributed by atoms with E-state index in [-0.39, 0.29) is 12.3 Å². The Labute approximate surface area is 105 Å². The Hall–Kier alpha value is -2.17. The summed E-state index contributed by atoms with van der Waals surface area (Å²) in [6.45, 7) is 5.47. The third-order valence-electron chi connectivity index (χ3n) is 2.50. The van der Waals surface area contributed by atoms with Crippen LogP contribution in [0.2, 0.25) is 0 Å². The molecule has 2 aromatic rings. The fourth-order valence-corrected chi connectivity index (χ4v) is 1.71. The Morgan fingerprint density at radius 2 is 2.17 bits per heavy atom. The normalized spacial score (nSPS) is 10.4. The molecule has 0 saturated heterocycles. The van der Waals surface area contributed by atoms with Gasteiger partial charge in [-0.1, -0.05) is 0 Å². The molecule has 18 heavy (non-hydrogen) atoms. The largest absolute Gasteiger partial charge is 0.445 e. The zero-order valence-corrected chi connectivity index (χ0v) is 10.7. The average molecular weight is 245 g/mol. The molecule has 5 nitrogen and oxygen atoms in total. The molecule has 1 amide bonds. The van der Waals surface area contributed by atoms with Crippen molar-refractivity contribution in [1.29, 1.82) is 0 Å². The van der Waals surface area contributed by atoms with Crippen molar-refractivity contribution >= 4 is 11.6 Å². The van der Waals surface area contributed by atoms with Gasteiger partial charge in [-0.3, -0.25) is 9.78 Å². The summed E-state index contributed by atoms with van der Waals surface area (Å²) in [5.74, 6) is 1.06. The van der Waals surface area contributed by atoms with Gasteiger partial charge in [0.25, 0.3) is 0 Å². The topological polar surface area (TPSA) is 68.0 Å². The van der Waals surface area contributed by atoms with Gasteiger partial charge >= 0.3 is 0 Å². The van der Waals surface area contributed by atoms with Crippen LogP contribution in [0.15, 0.2) is 22.7 Å². The third kappa shape index (κ3) is 2.94. The molecule has 0 unspecified atom stereocenters. The summed E-state index contributed by atoms with van der Waals surface area (Å²) < 4.78 is 5.36. The van der Waals surface area contributed by atoms with Crippen LogP contribution >= 0.6 is 0 Å². The monoisotopic (exact) mass is 245 g/mol. The van der Waals surface area contributed by atoms with Gasteiger partial charge in [0.1, 0.15) is 5.76 Å². The van der Waals surface area contributed by atoms with Crippen LogP contribution in [0.4, 0.5) is 5.69 Å². The second-order valence-electron chi connectivity index (χ2n) is 4.15. The van der Waals surface area contributed by atoms with Crippen LogP contribution in [0.25, 0.3) is 0 Å². The Morgan fingerprint density at radius 1 is 1.39 bits per heavy atom. The molecule has 5 heteroatoms. The Balaban J connectivity index is 2.03. The third-order valence-corrected chi connectivity index (χ3v) is 2.50. The zero-order valence-electron chi connectivity index (χ0n) is 10.7. The fourth-order valence-electron chi connectivity index (χ4n) is 1.71. The molecule has 0 aromatic carbocycles. The van der Waals surface area contributed by atoms with Crippen LogP contribution < -0.4 is 5.32 Å². The maximum atomic E-state index is 11.8. The lowest BCUT2D eigenvalue weighted by molar-refractivity contribution is -0.115. The van der Waals surface area contributed by atoms with E-state index in [1.807, 2.05) is 19.9 Å². The molecule has 2 heterocycles. The molecule has 0 aliphatic rings. The van der Waals surface area contributed by atoms with E-state index in [4.69, 9.17) is 4.42 Å². The lowest BCUT2D eigenvalue weighted by Crippen LogP contribution is -2.14. The number of carbonyl (C=O) groups is 1. The van der Waals surface area contributed by atoms with E-state index in [1.54, 1.807) is 19.2 Å². The first-order valence-corrected chi connectivity index (χ1v) is 5.70. The van der Waals surface area contributed by atoms with E-state index >= 15 is 0 Å². The van der Waals surface area contributed by atoms with Gasteiger partial charge in [0.05, 0.1) is 12.1 Å². The number of nitrogens with zero attached hydrogens (tertiary/aromatic N) is 2.